The van der Waals surface area contributed by atoms with E-state index in [2.05, 4.69) is 20.0 Å². The van der Waals surface area contributed by atoms with E-state index in [4.69, 9.17) is 4.74 Å². The van der Waals surface area contributed by atoms with Crippen LogP contribution < -0.4 is 9.46 Å². The Morgan fingerprint density at radius 1 is 0.897 bits per heavy atom. The van der Waals surface area contributed by atoms with Crippen LogP contribution in [0.5, 0.6) is 11.6 Å². The molecule has 146 valence electrons. The van der Waals surface area contributed by atoms with Gasteiger partial charge in [0.2, 0.25) is 5.88 Å². The molecule has 9 heteroatoms. The third-order valence-electron chi connectivity index (χ3n) is 3.97. The van der Waals surface area contributed by atoms with Gasteiger partial charge in [-0.05, 0) is 55.5 Å². The van der Waals surface area contributed by atoms with Crippen LogP contribution in [-0.2, 0) is 10.0 Å². The van der Waals surface area contributed by atoms with Gasteiger partial charge in [-0.15, -0.1) is 10.2 Å². The first-order valence-electron chi connectivity index (χ1n) is 8.72. The first-order valence-corrected chi connectivity index (χ1v) is 10.2. The minimum Gasteiger partial charge on any atom is -0.438 e. The zero-order valence-electron chi connectivity index (χ0n) is 15.4. The number of anilines is 1. The van der Waals surface area contributed by atoms with E-state index in [1.54, 1.807) is 65.5 Å². The number of nitrogens with one attached hydrogen (secondary N) is 1. The van der Waals surface area contributed by atoms with E-state index in [9.17, 15) is 8.42 Å². The normalized spacial score (nSPS) is 11.2. The Kier molecular flexibility index (Phi) is 4.96. The second kappa shape index (κ2) is 7.72. The lowest BCUT2D eigenvalue weighted by atomic mass is 10.3. The Balaban J connectivity index is 1.43. The second-order valence-corrected chi connectivity index (χ2v) is 7.86. The van der Waals surface area contributed by atoms with Crippen LogP contribution in [-0.4, -0.2) is 28.4 Å². The fraction of sp³-hybridized carbons (Fsp3) is 0.0500. The zero-order chi connectivity index (χ0) is 20.3. The lowest BCUT2D eigenvalue weighted by Gasteiger charge is -2.09. The van der Waals surface area contributed by atoms with Crippen molar-refractivity contribution in [3.63, 3.8) is 0 Å². The third kappa shape index (κ3) is 4.41. The standard InChI is InChI=1S/C20H17N5O3S/c1-15-13-14-25(23-15)19-11-12-20(22-21-19)28-17-9-7-16(8-10-17)24-29(26,27)18-5-3-2-4-6-18/h2-14,24H,1H3. The van der Waals surface area contributed by atoms with Gasteiger partial charge in [0.1, 0.15) is 5.75 Å². The zero-order valence-corrected chi connectivity index (χ0v) is 16.2. The number of hydrogen-bond donors (Lipinski definition) is 1. The second-order valence-electron chi connectivity index (χ2n) is 6.18. The van der Waals surface area contributed by atoms with Crippen LogP contribution >= 0.6 is 0 Å². The first-order chi connectivity index (χ1) is 14.0. The number of ether oxygens (including phenoxy) is 1. The summed E-state index contributed by atoms with van der Waals surface area (Å²) in [6.07, 6.45) is 1.80. The molecular formula is C20H17N5O3S. The molecule has 29 heavy (non-hydrogen) atoms. The Hall–Kier alpha value is -3.72. The molecule has 0 amide bonds. The molecule has 0 unspecified atom stereocenters. The van der Waals surface area contributed by atoms with Gasteiger partial charge in [0.15, 0.2) is 5.82 Å². The van der Waals surface area contributed by atoms with Gasteiger partial charge in [0.25, 0.3) is 10.0 Å². The summed E-state index contributed by atoms with van der Waals surface area (Å²) < 4.78 is 34.5. The van der Waals surface area contributed by atoms with Crippen LogP contribution in [0.25, 0.3) is 5.82 Å². The number of benzene rings is 2. The average molecular weight is 407 g/mol. The van der Waals surface area contributed by atoms with E-state index in [-0.39, 0.29) is 4.90 Å². The lowest BCUT2D eigenvalue weighted by Crippen LogP contribution is -2.12. The molecule has 0 aliphatic carbocycles. The van der Waals surface area contributed by atoms with Crippen LogP contribution in [0.1, 0.15) is 5.69 Å². The molecule has 0 radical (unpaired) electrons. The predicted molar refractivity (Wildman–Crippen MR) is 108 cm³/mol. The van der Waals surface area contributed by atoms with E-state index >= 15 is 0 Å². The van der Waals surface area contributed by atoms with Gasteiger partial charge in [-0.25, -0.2) is 13.1 Å². The summed E-state index contributed by atoms with van der Waals surface area (Å²) in [5, 5.41) is 12.4. The summed E-state index contributed by atoms with van der Waals surface area (Å²) in [6, 6.07) is 20.0. The number of aryl methyl sites for hydroxylation is 1. The molecule has 0 fully saturated rings. The number of nitrogens with zero attached hydrogens (tertiary/aromatic N) is 4. The number of hydrogen-bond acceptors (Lipinski definition) is 6. The molecule has 0 saturated heterocycles. The van der Waals surface area contributed by atoms with E-state index in [0.717, 1.165) is 5.69 Å². The van der Waals surface area contributed by atoms with E-state index in [1.807, 2.05) is 13.0 Å². The van der Waals surface area contributed by atoms with Crippen molar-refractivity contribution in [1.82, 2.24) is 20.0 Å². The summed E-state index contributed by atoms with van der Waals surface area (Å²) in [6.45, 7) is 1.89. The number of aromatic nitrogens is 4. The molecule has 0 saturated carbocycles. The van der Waals surface area contributed by atoms with Gasteiger partial charge in [0.05, 0.1) is 10.6 Å². The Labute approximate surface area is 167 Å². The summed E-state index contributed by atoms with van der Waals surface area (Å²) in [7, 11) is -3.64. The molecule has 0 atom stereocenters. The lowest BCUT2D eigenvalue weighted by molar-refractivity contribution is 0.454. The number of rotatable bonds is 6. The molecule has 0 bridgehead atoms. The van der Waals surface area contributed by atoms with Gasteiger partial charge in [0, 0.05) is 18.0 Å². The fourth-order valence-corrected chi connectivity index (χ4v) is 3.64. The maximum absolute atomic E-state index is 12.4. The van der Waals surface area contributed by atoms with Gasteiger partial charge < -0.3 is 4.74 Å². The Morgan fingerprint density at radius 2 is 1.66 bits per heavy atom. The monoisotopic (exact) mass is 407 g/mol. The quantitative estimate of drug-likeness (QED) is 0.525. The molecular weight excluding hydrogens is 390 g/mol. The summed E-state index contributed by atoms with van der Waals surface area (Å²) in [4.78, 5) is 0.197. The third-order valence-corrected chi connectivity index (χ3v) is 5.36. The molecule has 2 aromatic heterocycles. The molecule has 0 aliphatic heterocycles. The van der Waals surface area contributed by atoms with Crippen molar-refractivity contribution in [2.75, 3.05) is 4.72 Å². The van der Waals surface area contributed by atoms with Crippen LogP contribution in [0, 0.1) is 6.92 Å². The van der Waals surface area contributed by atoms with Crippen LogP contribution in [0.15, 0.2) is 83.9 Å². The minimum absolute atomic E-state index is 0.197. The van der Waals surface area contributed by atoms with Gasteiger partial charge >= 0.3 is 0 Å². The largest absolute Gasteiger partial charge is 0.438 e. The topological polar surface area (TPSA) is 99.0 Å². The maximum atomic E-state index is 12.4. The highest BCUT2D eigenvalue weighted by molar-refractivity contribution is 7.92. The molecule has 4 aromatic rings. The van der Waals surface area contributed by atoms with Gasteiger partial charge in [-0.1, -0.05) is 18.2 Å². The highest BCUT2D eigenvalue weighted by Gasteiger charge is 2.13. The first kappa shape index (κ1) is 18.6. The summed E-state index contributed by atoms with van der Waals surface area (Å²) >= 11 is 0. The SMILES string of the molecule is Cc1ccn(-c2ccc(Oc3ccc(NS(=O)(=O)c4ccccc4)cc3)nn2)n1. The predicted octanol–water partition coefficient (Wildman–Crippen LogP) is 3.56. The van der Waals surface area contributed by atoms with Crippen molar-refractivity contribution < 1.29 is 13.2 Å². The fourth-order valence-electron chi connectivity index (χ4n) is 2.56. The van der Waals surface area contributed by atoms with E-state index in [1.165, 1.54) is 12.1 Å². The van der Waals surface area contributed by atoms with Gasteiger partial charge in [-0.3, -0.25) is 4.72 Å². The molecule has 0 spiro atoms. The summed E-state index contributed by atoms with van der Waals surface area (Å²) in [5.74, 6) is 1.40. The molecule has 2 aromatic carbocycles. The van der Waals surface area contributed by atoms with E-state index in [0.29, 0.717) is 23.1 Å². The molecule has 8 nitrogen and oxygen atoms in total. The van der Waals surface area contributed by atoms with Gasteiger partial charge in [-0.2, -0.15) is 5.10 Å². The highest BCUT2D eigenvalue weighted by Crippen LogP contribution is 2.23. The molecule has 2 heterocycles. The van der Waals surface area contributed by atoms with E-state index < -0.39 is 10.0 Å². The van der Waals surface area contributed by atoms with Crippen molar-refractivity contribution in [3.8, 4) is 17.4 Å². The molecule has 1 N–H and O–H groups in total. The van der Waals surface area contributed by atoms with Crippen molar-refractivity contribution in [1.29, 1.82) is 0 Å². The van der Waals surface area contributed by atoms with Crippen LogP contribution in [0.4, 0.5) is 5.69 Å². The van der Waals surface area contributed by atoms with Crippen molar-refractivity contribution in [2.24, 2.45) is 0 Å². The highest BCUT2D eigenvalue weighted by atomic mass is 32.2. The maximum Gasteiger partial charge on any atom is 0.261 e. The Bertz CT molecular complexity index is 1210. The van der Waals surface area contributed by atoms with Crippen molar-refractivity contribution >= 4 is 15.7 Å². The minimum atomic E-state index is -3.64. The van der Waals surface area contributed by atoms with Crippen molar-refractivity contribution in [2.45, 2.75) is 11.8 Å². The number of sulfonamides is 1. The van der Waals surface area contributed by atoms with Crippen LogP contribution in [0.2, 0.25) is 0 Å². The van der Waals surface area contributed by atoms with Crippen molar-refractivity contribution in [3.05, 3.63) is 84.7 Å². The smallest absolute Gasteiger partial charge is 0.261 e. The molecule has 0 aliphatic rings. The summed E-state index contributed by atoms with van der Waals surface area (Å²) in [5.41, 5.74) is 1.31. The Morgan fingerprint density at radius 3 is 2.28 bits per heavy atom. The molecule has 4 rings (SSSR count). The average Bonchev–Trinajstić information content (AvgIpc) is 3.17. The van der Waals surface area contributed by atoms with Crippen LogP contribution in [0.3, 0.4) is 0 Å².